The number of anilines is 1. The van der Waals surface area contributed by atoms with Gasteiger partial charge in [0.05, 0.1) is 13.2 Å². The highest BCUT2D eigenvalue weighted by molar-refractivity contribution is 5.96. The van der Waals surface area contributed by atoms with E-state index >= 15 is 0 Å². The van der Waals surface area contributed by atoms with Gasteiger partial charge in [0.25, 0.3) is 5.91 Å². The molecule has 25 heavy (non-hydrogen) atoms. The third-order valence-electron chi connectivity index (χ3n) is 3.50. The van der Waals surface area contributed by atoms with Gasteiger partial charge in [0, 0.05) is 31.5 Å². The van der Waals surface area contributed by atoms with Crippen LogP contribution in [0.15, 0.2) is 54.6 Å². The zero-order valence-electron chi connectivity index (χ0n) is 14.2. The lowest BCUT2D eigenvalue weighted by atomic mass is 10.1. The molecule has 0 saturated carbocycles. The van der Waals surface area contributed by atoms with E-state index in [1.807, 2.05) is 30.3 Å². The average molecular weight is 341 g/mol. The number of ether oxygens (including phenoxy) is 1. The number of nitrogens with one attached hydrogen (secondary N) is 3. The van der Waals surface area contributed by atoms with Crippen LogP contribution in [-0.4, -0.2) is 38.6 Å². The van der Waals surface area contributed by atoms with E-state index in [9.17, 15) is 9.59 Å². The molecule has 2 aromatic carbocycles. The first-order valence-electron chi connectivity index (χ1n) is 8.10. The summed E-state index contributed by atoms with van der Waals surface area (Å²) in [7, 11) is 1.61. The smallest absolute Gasteiger partial charge is 0.251 e. The van der Waals surface area contributed by atoms with E-state index < -0.39 is 0 Å². The summed E-state index contributed by atoms with van der Waals surface area (Å²) in [5.74, 6) is -0.291. The Labute approximate surface area is 147 Å². The summed E-state index contributed by atoms with van der Waals surface area (Å²) in [6.45, 7) is 1.86. The van der Waals surface area contributed by atoms with E-state index in [0.29, 0.717) is 30.9 Å². The van der Waals surface area contributed by atoms with Gasteiger partial charge in [0.1, 0.15) is 0 Å². The molecule has 0 aliphatic heterocycles. The van der Waals surface area contributed by atoms with Crippen LogP contribution in [-0.2, 0) is 16.1 Å². The van der Waals surface area contributed by atoms with E-state index in [-0.39, 0.29) is 18.4 Å². The van der Waals surface area contributed by atoms with Gasteiger partial charge in [-0.3, -0.25) is 9.59 Å². The van der Waals surface area contributed by atoms with Crippen molar-refractivity contribution in [2.75, 3.05) is 32.1 Å². The van der Waals surface area contributed by atoms with Crippen molar-refractivity contribution in [3.05, 3.63) is 65.7 Å². The zero-order valence-corrected chi connectivity index (χ0v) is 14.2. The van der Waals surface area contributed by atoms with Crippen LogP contribution in [0.2, 0.25) is 0 Å². The lowest BCUT2D eigenvalue weighted by molar-refractivity contribution is -0.115. The number of methoxy groups -OCH3 is 1. The molecular weight excluding hydrogens is 318 g/mol. The summed E-state index contributed by atoms with van der Waals surface area (Å²) in [5.41, 5.74) is 2.24. The van der Waals surface area contributed by atoms with Crippen molar-refractivity contribution < 1.29 is 14.3 Å². The van der Waals surface area contributed by atoms with Crippen molar-refractivity contribution in [3.63, 3.8) is 0 Å². The Hall–Kier alpha value is -2.70. The van der Waals surface area contributed by atoms with Crippen molar-refractivity contribution in [1.82, 2.24) is 10.6 Å². The van der Waals surface area contributed by atoms with Crippen LogP contribution in [0.4, 0.5) is 5.69 Å². The van der Waals surface area contributed by atoms with Crippen LogP contribution in [0.25, 0.3) is 0 Å². The minimum atomic E-state index is -0.150. The molecule has 2 rings (SSSR count). The Morgan fingerprint density at radius 2 is 1.72 bits per heavy atom. The van der Waals surface area contributed by atoms with E-state index in [2.05, 4.69) is 16.0 Å². The van der Waals surface area contributed by atoms with Crippen molar-refractivity contribution in [1.29, 1.82) is 0 Å². The summed E-state index contributed by atoms with van der Waals surface area (Å²) in [4.78, 5) is 23.9. The molecule has 0 saturated heterocycles. The van der Waals surface area contributed by atoms with Gasteiger partial charge < -0.3 is 20.7 Å². The van der Waals surface area contributed by atoms with Crippen LogP contribution in [0.3, 0.4) is 0 Å². The van der Waals surface area contributed by atoms with E-state index in [1.165, 1.54) is 0 Å². The zero-order chi connectivity index (χ0) is 17.9. The molecule has 0 aliphatic carbocycles. The first-order chi connectivity index (χ1) is 12.2. The Morgan fingerprint density at radius 1 is 1.00 bits per heavy atom. The summed E-state index contributed by atoms with van der Waals surface area (Å²) >= 11 is 0. The Kier molecular flexibility index (Phi) is 7.62. The molecule has 0 bridgehead atoms. The number of benzene rings is 2. The highest BCUT2D eigenvalue weighted by Gasteiger charge is 2.06. The third kappa shape index (κ3) is 6.74. The summed E-state index contributed by atoms with van der Waals surface area (Å²) in [5, 5.41) is 8.60. The molecular formula is C19H23N3O3. The molecule has 0 heterocycles. The average Bonchev–Trinajstić information content (AvgIpc) is 2.65. The van der Waals surface area contributed by atoms with Crippen molar-refractivity contribution in [2.45, 2.75) is 6.54 Å². The topological polar surface area (TPSA) is 79.5 Å². The molecule has 132 valence electrons. The second-order valence-corrected chi connectivity index (χ2v) is 5.46. The fourth-order valence-corrected chi connectivity index (χ4v) is 2.17. The lowest BCUT2D eigenvalue weighted by Gasteiger charge is -2.08. The number of rotatable bonds is 9. The van der Waals surface area contributed by atoms with Crippen LogP contribution < -0.4 is 16.0 Å². The monoisotopic (exact) mass is 341 g/mol. The molecule has 0 aromatic heterocycles. The molecule has 0 spiro atoms. The molecule has 2 amide bonds. The normalized spacial score (nSPS) is 10.3. The molecule has 3 N–H and O–H groups in total. The maximum atomic E-state index is 12.1. The number of hydrogen-bond acceptors (Lipinski definition) is 4. The van der Waals surface area contributed by atoms with Crippen LogP contribution in [0.1, 0.15) is 15.9 Å². The molecule has 2 aromatic rings. The number of hydrogen-bond donors (Lipinski definition) is 3. The number of carbonyl (C=O) groups excluding carboxylic acids is 2. The maximum Gasteiger partial charge on any atom is 0.251 e. The number of amides is 2. The molecule has 0 atom stereocenters. The Balaban J connectivity index is 1.78. The van der Waals surface area contributed by atoms with Gasteiger partial charge in [-0.1, -0.05) is 30.3 Å². The lowest BCUT2D eigenvalue weighted by Crippen LogP contribution is -2.30. The molecule has 6 heteroatoms. The highest BCUT2D eigenvalue weighted by atomic mass is 16.5. The van der Waals surface area contributed by atoms with Crippen molar-refractivity contribution in [2.24, 2.45) is 0 Å². The quantitative estimate of drug-likeness (QED) is 0.608. The molecule has 0 radical (unpaired) electrons. The minimum Gasteiger partial charge on any atom is -0.383 e. The predicted octanol–water partition coefficient (Wildman–Crippen LogP) is 1.79. The minimum absolute atomic E-state index is 0.141. The van der Waals surface area contributed by atoms with E-state index in [4.69, 9.17) is 4.74 Å². The maximum absolute atomic E-state index is 12.1. The predicted molar refractivity (Wildman–Crippen MR) is 97.4 cm³/mol. The van der Waals surface area contributed by atoms with Gasteiger partial charge >= 0.3 is 0 Å². The van der Waals surface area contributed by atoms with Gasteiger partial charge in [0.2, 0.25) is 5.91 Å². The second kappa shape index (κ2) is 10.2. The molecule has 0 unspecified atom stereocenters. The third-order valence-corrected chi connectivity index (χ3v) is 3.50. The fraction of sp³-hybridized carbons (Fsp3) is 0.263. The second-order valence-electron chi connectivity index (χ2n) is 5.46. The molecule has 6 nitrogen and oxygen atoms in total. The van der Waals surface area contributed by atoms with Crippen LogP contribution in [0.5, 0.6) is 0 Å². The highest BCUT2D eigenvalue weighted by Crippen LogP contribution is 2.09. The van der Waals surface area contributed by atoms with Crippen molar-refractivity contribution >= 4 is 17.5 Å². The van der Waals surface area contributed by atoms with Gasteiger partial charge in [-0.15, -0.1) is 0 Å². The first-order valence-corrected chi connectivity index (χ1v) is 8.10. The van der Waals surface area contributed by atoms with Gasteiger partial charge in [-0.25, -0.2) is 0 Å². The van der Waals surface area contributed by atoms with Gasteiger partial charge in [0.15, 0.2) is 0 Å². The standard InChI is InChI=1S/C19H23N3O3/c1-25-12-11-20-14-18(23)22-17-9-7-16(8-10-17)19(24)21-13-15-5-3-2-4-6-15/h2-10,20H,11-14H2,1H3,(H,21,24)(H,22,23). The SMILES string of the molecule is COCCNCC(=O)Nc1ccc(C(=O)NCc2ccccc2)cc1. The first kappa shape index (κ1) is 18.6. The van der Waals surface area contributed by atoms with Crippen LogP contribution >= 0.6 is 0 Å². The fourth-order valence-electron chi connectivity index (χ4n) is 2.17. The van der Waals surface area contributed by atoms with E-state index in [1.54, 1.807) is 31.4 Å². The van der Waals surface area contributed by atoms with E-state index in [0.717, 1.165) is 5.56 Å². The van der Waals surface area contributed by atoms with Crippen molar-refractivity contribution in [3.8, 4) is 0 Å². The Morgan fingerprint density at radius 3 is 2.40 bits per heavy atom. The Bertz CT molecular complexity index is 672. The largest absolute Gasteiger partial charge is 0.383 e. The molecule has 0 aliphatic rings. The van der Waals surface area contributed by atoms with Gasteiger partial charge in [-0.05, 0) is 29.8 Å². The van der Waals surface area contributed by atoms with Crippen LogP contribution in [0, 0.1) is 0 Å². The molecule has 0 fully saturated rings. The summed E-state index contributed by atoms with van der Waals surface area (Å²) in [6.07, 6.45) is 0. The summed E-state index contributed by atoms with van der Waals surface area (Å²) in [6, 6.07) is 16.5. The summed E-state index contributed by atoms with van der Waals surface area (Å²) < 4.78 is 4.89. The number of carbonyl (C=O) groups is 2. The van der Waals surface area contributed by atoms with Gasteiger partial charge in [-0.2, -0.15) is 0 Å².